The molecule has 7 nitrogen and oxygen atoms in total. The summed E-state index contributed by atoms with van der Waals surface area (Å²) in [6, 6.07) is 1.03. The molecule has 0 saturated carbocycles. The van der Waals surface area contributed by atoms with Crippen molar-refractivity contribution in [1.82, 2.24) is 19.7 Å². The number of halogens is 6. The number of hydrogen-bond acceptors (Lipinski definition) is 5. The topological polar surface area (TPSA) is 77.3 Å². The first-order valence-electron chi connectivity index (χ1n) is 8.64. The van der Waals surface area contributed by atoms with Gasteiger partial charge in [0, 0.05) is 30.9 Å². The number of carbonyl (C=O) groups is 2. The minimum atomic E-state index is -5.00. The molecule has 1 aromatic carbocycles. The number of likely N-dealkylation sites (tertiary alicyclic amines) is 1. The first kappa shape index (κ1) is 22.3. The lowest BCUT2D eigenvalue weighted by atomic mass is 10.0. The maximum Gasteiger partial charge on any atom is 0.416 e. The van der Waals surface area contributed by atoms with E-state index < -0.39 is 46.8 Å². The molecule has 0 N–H and O–H groups in total. The van der Waals surface area contributed by atoms with Crippen molar-refractivity contribution in [2.24, 2.45) is 5.92 Å². The Bertz CT molecular complexity index is 990. The van der Waals surface area contributed by atoms with Crippen molar-refractivity contribution in [3.63, 3.8) is 0 Å². The number of hydrogen-bond donors (Lipinski definition) is 0. The Morgan fingerprint density at radius 2 is 1.65 bits per heavy atom. The Kier molecular flexibility index (Phi) is 5.79. The summed E-state index contributed by atoms with van der Waals surface area (Å²) in [4.78, 5) is 28.4. The van der Waals surface area contributed by atoms with E-state index in [0.717, 1.165) is 23.3 Å². The third kappa shape index (κ3) is 5.03. The van der Waals surface area contributed by atoms with Crippen molar-refractivity contribution in [3.05, 3.63) is 41.7 Å². The van der Waals surface area contributed by atoms with Crippen LogP contribution in [0.25, 0.3) is 17.6 Å². The van der Waals surface area contributed by atoms with E-state index >= 15 is 0 Å². The number of nitrogens with zero attached hydrogens (tertiary/aromatic N) is 4. The molecule has 0 atom stereocenters. The number of amides is 1. The fraction of sp³-hybridized carbons (Fsp3) is 0.333. The van der Waals surface area contributed by atoms with E-state index in [1.165, 1.54) is 12.0 Å². The van der Waals surface area contributed by atoms with Crippen LogP contribution in [0.3, 0.4) is 0 Å². The Hall–Kier alpha value is -3.38. The molecule has 1 amide bonds. The number of carbonyl (C=O) groups excluding carboxylic acids is 2. The van der Waals surface area contributed by atoms with Crippen LogP contribution in [-0.2, 0) is 26.7 Å². The summed E-state index contributed by atoms with van der Waals surface area (Å²) in [5.74, 6) is -1.70. The highest BCUT2D eigenvalue weighted by molar-refractivity contribution is 5.92. The van der Waals surface area contributed by atoms with Gasteiger partial charge in [-0.15, -0.1) is 5.10 Å². The summed E-state index contributed by atoms with van der Waals surface area (Å²) in [5.41, 5.74) is -3.46. The zero-order chi connectivity index (χ0) is 23.0. The summed E-state index contributed by atoms with van der Waals surface area (Å²) in [7, 11) is 1.23. The normalized spacial score (nSPS) is 15.3. The van der Waals surface area contributed by atoms with Crippen molar-refractivity contribution in [1.29, 1.82) is 0 Å². The molecular weight excluding hydrogens is 434 g/mol. The number of ether oxygens (including phenoxy) is 1. The summed E-state index contributed by atoms with van der Waals surface area (Å²) >= 11 is 0. The third-order valence-corrected chi connectivity index (χ3v) is 4.45. The standard InChI is InChI=1S/C18H14F6N4O3/c1-31-16(30)11-7-27(8-11)14(29)2-3-28-9-25-15(26-28)10-4-12(17(19,20)21)6-13(5-10)18(22,23)24/h2-6,9,11H,7-8H2,1H3/b3-2-. The minimum Gasteiger partial charge on any atom is -0.469 e. The van der Waals surface area contributed by atoms with Crippen LogP contribution in [0.4, 0.5) is 26.3 Å². The molecule has 1 saturated heterocycles. The van der Waals surface area contributed by atoms with Crippen LogP contribution in [-0.4, -0.2) is 51.7 Å². The van der Waals surface area contributed by atoms with E-state index in [1.54, 1.807) is 0 Å². The summed E-state index contributed by atoms with van der Waals surface area (Å²) < 4.78 is 83.4. The number of alkyl halides is 6. The van der Waals surface area contributed by atoms with Gasteiger partial charge in [0.15, 0.2) is 5.82 Å². The summed E-state index contributed by atoms with van der Waals surface area (Å²) in [6.07, 6.45) is -6.74. The average Bonchev–Trinajstić information content (AvgIpc) is 3.12. The fourth-order valence-electron chi connectivity index (χ4n) is 2.78. The largest absolute Gasteiger partial charge is 0.469 e. The molecule has 2 heterocycles. The molecule has 3 rings (SSSR count). The van der Waals surface area contributed by atoms with Gasteiger partial charge in [-0.05, 0) is 18.2 Å². The van der Waals surface area contributed by atoms with Crippen molar-refractivity contribution >= 4 is 18.1 Å². The molecule has 0 bridgehead atoms. The van der Waals surface area contributed by atoms with Crippen molar-refractivity contribution < 1.29 is 40.7 Å². The maximum absolute atomic E-state index is 13.0. The Morgan fingerprint density at radius 1 is 1.06 bits per heavy atom. The van der Waals surface area contributed by atoms with Crippen molar-refractivity contribution in [2.45, 2.75) is 12.4 Å². The van der Waals surface area contributed by atoms with Gasteiger partial charge in [-0.3, -0.25) is 9.59 Å². The lowest BCUT2D eigenvalue weighted by Crippen LogP contribution is -2.52. The van der Waals surface area contributed by atoms with Gasteiger partial charge >= 0.3 is 18.3 Å². The Morgan fingerprint density at radius 3 is 2.16 bits per heavy atom. The molecule has 0 spiro atoms. The van der Waals surface area contributed by atoms with Gasteiger partial charge in [0.1, 0.15) is 6.33 Å². The van der Waals surface area contributed by atoms with Crippen LogP contribution in [0.1, 0.15) is 11.1 Å². The second-order valence-corrected chi connectivity index (χ2v) is 6.62. The smallest absolute Gasteiger partial charge is 0.416 e. The number of esters is 1. The van der Waals surface area contributed by atoms with Crippen molar-refractivity contribution in [3.8, 4) is 11.4 Å². The number of methoxy groups -OCH3 is 1. The van der Waals surface area contributed by atoms with E-state index in [4.69, 9.17) is 0 Å². The van der Waals surface area contributed by atoms with Crippen molar-refractivity contribution in [2.75, 3.05) is 20.2 Å². The van der Waals surface area contributed by atoms with Gasteiger partial charge in [0.2, 0.25) is 5.91 Å². The molecule has 1 fully saturated rings. The fourth-order valence-corrected chi connectivity index (χ4v) is 2.78. The summed E-state index contributed by atoms with van der Waals surface area (Å²) in [5, 5.41) is 3.80. The predicted octanol–water partition coefficient (Wildman–Crippen LogP) is 3.08. The first-order chi connectivity index (χ1) is 14.4. The second kappa shape index (κ2) is 8.04. The second-order valence-electron chi connectivity index (χ2n) is 6.62. The maximum atomic E-state index is 13.0. The molecule has 1 aliphatic heterocycles. The lowest BCUT2D eigenvalue weighted by Gasteiger charge is -2.36. The average molecular weight is 448 g/mol. The van der Waals surface area contributed by atoms with E-state index in [1.807, 2.05) is 0 Å². The minimum absolute atomic E-state index is 0.00766. The van der Waals surface area contributed by atoms with Crippen LogP contribution < -0.4 is 0 Å². The van der Waals surface area contributed by atoms with Gasteiger partial charge in [0.05, 0.1) is 24.2 Å². The molecule has 1 aliphatic rings. The quantitative estimate of drug-likeness (QED) is 0.408. The van der Waals surface area contributed by atoms with E-state index in [-0.39, 0.29) is 25.0 Å². The molecule has 0 unspecified atom stereocenters. The highest BCUT2D eigenvalue weighted by Crippen LogP contribution is 2.38. The first-order valence-corrected chi connectivity index (χ1v) is 8.64. The highest BCUT2D eigenvalue weighted by Gasteiger charge is 2.37. The molecule has 0 aliphatic carbocycles. The summed E-state index contributed by atoms with van der Waals surface area (Å²) in [6.45, 7) is 0.339. The van der Waals surface area contributed by atoms with Gasteiger partial charge < -0.3 is 9.64 Å². The Labute approximate surface area is 170 Å². The number of benzene rings is 1. The molecule has 31 heavy (non-hydrogen) atoms. The van der Waals surface area contributed by atoms with Gasteiger partial charge in [0.25, 0.3) is 0 Å². The lowest BCUT2D eigenvalue weighted by molar-refractivity contribution is -0.154. The van der Waals surface area contributed by atoms with Crippen LogP contribution in [0.15, 0.2) is 30.6 Å². The molecule has 0 radical (unpaired) electrons. The SMILES string of the molecule is COC(=O)C1CN(C(=O)/C=C\n2cnc(-c3cc(C(F)(F)F)cc(C(F)(F)F)c3)n2)C1. The molecule has 13 heteroatoms. The third-order valence-electron chi connectivity index (χ3n) is 4.45. The molecule has 2 aromatic rings. The Balaban J connectivity index is 1.77. The van der Waals surface area contributed by atoms with E-state index in [0.29, 0.717) is 12.1 Å². The van der Waals surface area contributed by atoms with E-state index in [9.17, 15) is 35.9 Å². The van der Waals surface area contributed by atoms with Gasteiger partial charge in [-0.2, -0.15) is 26.3 Å². The number of rotatable bonds is 4. The van der Waals surface area contributed by atoms with E-state index in [2.05, 4.69) is 14.8 Å². The predicted molar refractivity (Wildman–Crippen MR) is 92.9 cm³/mol. The highest BCUT2D eigenvalue weighted by atomic mass is 19.4. The molecular formula is C18H14F6N4O3. The van der Waals surface area contributed by atoms with Gasteiger partial charge in [-0.1, -0.05) is 0 Å². The van der Waals surface area contributed by atoms with Crippen LogP contribution >= 0.6 is 0 Å². The van der Waals surface area contributed by atoms with Crippen LogP contribution in [0.5, 0.6) is 0 Å². The van der Waals surface area contributed by atoms with Gasteiger partial charge in [-0.25, -0.2) is 9.67 Å². The zero-order valence-corrected chi connectivity index (χ0v) is 15.7. The van der Waals surface area contributed by atoms with Crippen LogP contribution in [0, 0.1) is 5.92 Å². The van der Waals surface area contributed by atoms with Crippen LogP contribution in [0.2, 0.25) is 0 Å². The monoisotopic (exact) mass is 448 g/mol. The molecule has 166 valence electrons. The zero-order valence-electron chi connectivity index (χ0n) is 15.7. The molecule has 1 aromatic heterocycles. The number of aromatic nitrogens is 3.